The average molecular weight is 371 g/mol. The molecule has 146 valence electrons. The van der Waals surface area contributed by atoms with Crippen LogP contribution in [0.15, 0.2) is 23.0 Å². The summed E-state index contributed by atoms with van der Waals surface area (Å²) in [5, 5.41) is 4.56. The second kappa shape index (κ2) is 7.76. The lowest BCUT2D eigenvalue weighted by molar-refractivity contribution is 0.241. The molecule has 1 aliphatic heterocycles. The molecule has 3 rings (SSSR count). The van der Waals surface area contributed by atoms with Gasteiger partial charge in [-0.2, -0.15) is 5.10 Å². The summed E-state index contributed by atoms with van der Waals surface area (Å²) in [5.41, 5.74) is 2.85. The number of aryl methyl sites for hydroxylation is 2. The number of nitrogens with zero attached hydrogens (tertiary/aromatic N) is 6. The molecular weight excluding hydrogens is 340 g/mol. The molecule has 0 amide bonds. The maximum atomic E-state index is 12.1. The van der Waals surface area contributed by atoms with Crippen molar-refractivity contribution >= 4 is 5.95 Å². The molecule has 3 heterocycles. The maximum Gasteiger partial charge on any atom is 0.266 e. The van der Waals surface area contributed by atoms with Crippen LogP contribution in [0.5, 0.6) is 0 Å². The van der Waals surface area contributed by atoms with E-state index < -0.39 is 0 Å². The summed E-state index contributed by atoms with van der Waals surface area (Å²) in [6.07, 6.45) is 0. The normalized spacial score (nSPS) is 16.0. The van der Waals surface area contributed by atoms with Crippen LogP contribution in [0.25, 0.3) is 0 Å². The predicted molar refractivity (Wildman–Crippen MR) is 107 cm³/mol. The van der Waals surface area contributed by atoms with E-state index in [1.54, 1.807) is 10.7 Å². The Morgan fingerprint density at radius 2 is 1.59 bits per heavy atom. The first-order valence-corrected chi connectivity index (χ1v) is 9.60. The van der Waals surface area contributed by atoms with Gasteiger partial charge in [0.2, 0.25) is 5.95 Å². The third-order valence-corrected chi connectivity index (χ3v) is 4.89. The quantitative estimate of drug-likeness (QED) is 0.817. The lowest BCUT2D eigenvalue weighted by Crippen LogP contribution is -2.48. The Morgan fingerprint density at radius 3 is 2.19 bits per heavy atom. The highest BCUT2D eigenvalue weighted by molar-refractivity contribution is 5.32. The van der Waals surface area contributed by atoms with Crippen molar-refractivity contribution in [2.24, 2.45) is 0 Å². The van der Waals surface area contributed by atoms with Crippen LogP contribution >= 0.6 is 0 Å². The highest BCUT2D eigenvalue weighted by Gasteiger charge is 2.20. The molecule has 7 heteroatoms. The van der Waals surface area contributed by atoms with Gasteiger partial charge >= 0.3 is 0 Å². The molecular formula is C20H30N6O. The van der Waals surface area contributed by atoms with E-state index in [9.17, 15) is 4.79 Å². The lowest BCUT2D eigenvalue weighted by atomic mass is 9.92. The van der Waals surface area contributed by atoms with E-state index >= 15 is 0 Å². The van der Waals surface area contributed by atoms with Crippen molar-refractivity contribution in [1.29, 1.82) is 0 Å². The minimum atomic E-state index is -0.0625. The van der Waals surface area contributed by atoms with Gasteiger partial charge < -0.3 is 4.90 Å². The van der Waals surface area contributed by atoms with Crippen molar-refractivity contribution in [3.63, 3.8) is 0 Å². The Morgan fingerprint density at radius 1 is 0.963 bits per heavy atom. The van der Waals surface area contributed by atoms with Crippen LogP contribution < -0.4 is 10.5 Å². The fourth-order valence-electron chi connectivity index (χ4n) is 3.27. The van der Waals surface area contributed by atoms with E-state index in [0.717, 1.165) is 55.8 Å². The Labute approximate surface area is 161 Å². The maximum absolute atomic E-state index is 12.1. The van der Waals surface area contributed by atoms with E-state index in [1.165, 1.54) is 0 Å². The van der Waals surface area contributed by atoms with Crippen molar-refractivity contribution in [2.75, 3.05) is 37.6 Å². The van der Waals surface area contributed by atoms with Gasteiger partial charge in [0.1, 0.15) is 0 Å². The standard InChI is InChI=1S/C20H30N6O/c1-15-14-16(2)22-19(21-15)25-11-8-24(9-12-25)10-13-26-18(27)7-6-17(23-26)20(3,4)5/h6-7,14H,8-13H2,1-5H3. The van der Waals surface area contributed by atoms with Gasteiger partial charge in [-0.1, -0.05) is 20.8 Å². The van der Waals surface area contributed by atoms with Gasteiger partial charge in [0.05, 0.1) is 12.2 Å². The summed E-state index contributed by atoms with van der Waals surface area (Å²) in [7, 11) is 0. The number of piperazine rings is 1. The highest BCUT2D eigenvalue weighted by atomic mass is 16.1. The number of hydrogen-bond acceptors (Lipinski definition) is 6. The van der Waals surface area contributed by atoms with Crippen LogP contribution in [0.1, 0.15) is 37.9 Å². The summed E-state index contributed by atoms with van der Waals surface area (Å²) in [6, 6.07) is 5.46. The molecule has 7 nitrogen and oxygen atoms in total. The van der Waals surface area contributed by atoms with Crippen molar-refractivity contribution in [2.45, 2.75) is 46.6 Å². The van der Waals surface area contributed by atoms with E-state index in [1.807, 2.05) is 26.0 Å². The molecule has 0 radical (unpaired) electrons. The third kappa shape index (κ3) is 4.91. The van der Waals surface area contributed by atoms with E-state index in [2.05, 4.69) is 45.6 Å². The molecule has 2 aromatic rings. The van der Waals surface area contributed by atoms with Crippen LogP contribution in [-0.4, -0.2) is 57.4 Å². The Kier molecular flexibility index (Phi) is 5.60. The van der Waals surface area contributed by atoms with Gasteiger partial charge in [-0.05, 0) is 26.0 Å². The molecule has 0 saturated carbocycles. The molecule has 0 unspecified atom stereocenters. The van der Waals surface area contributed by atoms with Gasteiger partial charge in [-0.3, -0.25) is 9.69 Å². The zero-order chi connectivity index (χ0) is 19.6. The first-order chi connectivity index (χ1) is 12.7. The topological polar surface area (TPSA) is 67.2 Å². The highest BCUT2D eigenvalue weighted by Crippen LogP contribution is 2.18. The molecule has 0 atom stereocenters. The van der Waals surface area contributed by atoms with Crippen molar-refractivity contribution < 1.29 is 0 Å². The smallest absolute Gasteiger partial charge is 0.266 e. The zero-order valence-electron chi connectivity index (χ0n) is 17.1. The SMILES string of the molecule is Cc1cc(C)nc(N2CCN(CCn3nc(C(C)(C)C)ccc3=O)CC2)n1. The summed E-state index contributed by atoms with van der Waals surface area (Å²) in [5.74, 6) is 0.822. The van der Waals surface area contributed by atoms with Crippen LogP contribution in [0.3, 0.4) is 0 Å². The Bertz CT molecular complexity index is 826. The molecule has 0 N–H and O–H groups in total. The Balaban J connectivity index is 1.58. The minimum absolute atomic E-state index is 0.0368. The second-order valence-corrected chi connectivity index (χ2v) is 8.31. The van der Waals surface area contributed by atoms with Gasteiger partial charge in [0, 0.05) is 55.6 Å². The van der Waals surface area contributed by atoms with Crippen LogP contribution in [0, 0.1) is 13.8 Å². The largest absolute Gasteiger partial charge is 0.338 e. The van der Waals surface area contributed by atoms with Gasteiger partial charge in [-0.25, -0.2) is 14.6 Å². The predicted octanol–water partition coefficient (Wildman–Crippen LogP) is 1.77. The number of anilines is 1. The molecule has 0 aliphatic carbocycles. The molecule has 2 aromatic heterocycles. The summed E-state index contributed by atoms with van der Waals surface area (Å²) >= 11 is 0. The number of hydrogen-bond donors (Lipinski definition) is 0. The van der Waals surface area contributed by atoms with E-state index in [-0.39, 0.29) is 11.0 Å². The molecule has 1 fully saturated rings. The van der Waals surface area contributed by atoms with Crippen molar-refractivity contribution in [1.82, 2.24) is 24.6 Å². The van der Waals surface area contributed by atoms with Crippen molar-refractivity contribution in [3.05, 3.63) is 45.6 Å². The molecule has 1 saturated heterocycles. The molecule has 0 spiro atoms. The van der Waals surface area contributed by atoms with Gasteiger partial charge in [0.25, 0.3) is 5.56 Å². The fourth-order valence-corrected chi connectivity index (χ4v) is 3.27. The number of aromatic nitrogens is 4. The molecule has 0 bridgehead atoms. The van der Waals surface area contributed by atoms with Crippen molar-refractivity contribution in [3.8, 4) is 0 Å². The van der Waals surface area contributed by atoms with Crippen LogP contribution in [0.4, 0.5) is 5.95 Å². The third-order valence-electron chi connectivity index (χ3n) is 4.89. The summed E-state index contributed by atoms with van der Waals surface area (Å²) in [4.78, 5) is 25.9. The summed E-state index contributed by atoms with van der Waals surface area (Å²) in [6.45, 7) is 15.4. The molecule has 0 aromatic carbocycles. The first kappa shape index (κ1) is 19.5. The van der Waals surface area contributed by atoms with Crippen LogP contribution in [-0.2, 0) is 12.0 Å². The van der Waals surface area contributed by atoms with E-state index in [4.69, 9.17) is 0 Å². The number of rotatable bonds is 4. The average Bonchev–Trinajstić information content (AvgIpc) is 2.59. The zero-order valence-corrected chi connectivity index (χ0v) is 17.1. The monoisotopic (exact) mass is 370 g/mol. The molecule has 1 aliphatic rings. The summed E-state index contributed by atoms with van der Waals surface area (Å²) < 4.78 is 1.60. The van der Waals surface area contributed by atoms with Gasteiger partial charge in [-0.15, -0.1) is 0 Å². The minimum Gasteiger partial charge on any atom is -0.338 e. The van der Waals surface area contributed by atoms with Crippen LogP contribution in [0.2, 0.25) is 0 Å². The lowest BCUT2D eigenvalue weighted by Gasteiger charge is -2.34. The van der Waals surface area contributed by atoms with E-state index in [0.29, 0.717) is 6.54 Å². The molecule has 27 heavy (non-hydrogen) atoms. The Hall–Kier alpha value is -2.28. The second-order valence-electron chi connectivity index (χ2n) is 8.31. The first-order valence-electron chi connectivity index (χ1n) is 9.60. The van der Waals surface area contributed by atoms with Gasteiger partial charge in [0.15, 0.2) is 0 Å². The fraction of sp³-hybridized carbons (Fsp3) is 0.600.